The van der Waals surface area contributed by atoms with Crippen molar-refractivity contribution in [3.8, 4) is 89.5 Å². The molecule has 4 nitrogen and oxygen atoms in total. The molecule has 4 heteroatoms. The van der Waals surface area contributed by atoms with Crippen LogP contribution in [0.5, 0.6) is 0 Å². The van der Waals surface area contributed by atoms with E-state index in [4.69, 9.17) is 53.5 Å². The van der Waals surface area contributed by atoms with E-state index in [-0.39, 0.29) is 72.3 Å². The number of nitrogens with zero attached hydrogens (tertiary/aromatic N) is 4. The largest absolute Gasteiger partial charge is 0.212 e. The van der Waals surface area contributed by atoms with Crippen molar-refractivity contribution in [2.24, 2.45) is 39.0 Å². The molecule has 0 radical (unpaired) electrons. The predicted octanol–water partition coefficient (Wildman–Crippen LogP) is 22.0. The summed E-state index contributed by atoms with van der Waals surface area (Å²) in [6, 6.07) is 14.6. The van der Waals surface area contributed by atoms with E-state index in [1.165, 1.54) is 36.5 Å². The fraction of sp³-hybridized carbons (Fsp3) is 0.269. The second-order valence-electron chi connectivity index (χ2n) is 25.9. The molecule has 0 unspecified atom stereocenters. The van der Waals surface area contributed by atoms with Gasteiger partial charge in [0.2, 0.25) is 22.8 Å². The quantitative estimate of drug-likeness (QED) is 0.121. The highest BCUT2D eigenvalue weighted by atomic mass is 14.9. The number of hydrogen-bond acceptors (Lipinski definition) is 0. The zero-order chi connectivity index (χ0) is 104. The zero-order valence-corrected chi connectivity index (χ0v) is 57.8. The first kappa shape index (κ1) is 36.1. The Balaban J connectivity index is 0.000000204. The smallest absolute Gasteiger partial charge is 0.201 e. The molecule has 8 aromatic carbocycles. The summed E-state index contributed by atoms with van der Waals surface area (Å²) in [6.45, 7) is 8.89. The van der Waals surface area contributed by atoms with Gasteiger partial charge < -0.3 is 0 Å². The average Bonchev–Trinajstić information content (AvgIpc) is 0.752. The lowest BCUT2D eigenvalue weighted by Gasteiger charge is -2.19. The zero-order valence-electron chi connectivity index (χ0n) is 96.8. The van der Waals surface area contributed by atoms with Crippen LogP contribution in [0, 0.1) is 86.6 Å². The van der Waals surface area contributed by atoms with Gasteiger partial charge in [0.15, 0.2) is 24.8 Å². The van der Waals surface area contributed by atoms with Gasteiger partial charge in [-0.3, -0.25) is 0 Å². The summed E-state index contributed by atoms with van der Waals surface area (Å²) in [5.41, 5.74) is 8.12. The first-order chi connectivity index (χ1) is 61.9. The van der Waals surface area contributed by atoms with E-state index in [0.29, 0.717) is 72.7 Å². The molecule has 0 fully saturated rings. The molecule has 12 rings (SSSR count). The number of aromatic nitrogens is 4. The highest BCUT2D eigenvalue weighted by Gasteiger charge is 2.24. The summed E-state index contributed by atoms with van der Waals surface area (Å²) in [7, 11) is 7.07. The van der Waals surface area contributed by atoms with Crippen LogP contribution >= 0.6 is 0 Å². The Labute approximate surface area is 638 Å². The SMILES string of the molecule is [2H]c1c([2H])c([2H])c(-c2cc(-c3cc(C)c(C([2H])([2H])C(C)(C)C)c[n+]3C)c(C)cc2C([2H])([2H])[2H])c([2H])c1[2H].[2H]c1c([2H])c([2H])c(-c2cc(-c3cc(C)c(C([2H])([2H])[2H])c[n+]3C)c(C)cc2C([2H])([2H])[2H])c([2H])c1[2H].[2H]c1c([2H])c([2H])c(-c2cc(-c3ccc(C([2H])([2H])C(C)(C)C)c[n+]3C)c(C)cc2C([2H])([2H])[2H])c([2H])c1[2H].[2H]c1c([2H])c([2H])c(-c2cc(-c3cccc[n+]3C)c(C)cc2C([2H])([2H])[2H])c([2H])c1[2H]. The number of rotatable bonds is 10. The van der Waals surface area contributed by atoms with Crippen LogP contribution in [0.4, 0.5) is 0 Å². The Morgan fingerprint density at radius 2 is 0.649 bits per heavy atom. The van der Waals surface area contributed by atoms with Crippen LogP contribution in [0.15, 0.2) is 237 Å². The Hall–Kier alpha value is -9.64. The Bertz CT molecular complexity index is 6660. The monoisotopic (exact) mass is 1320 g/mol. The first-order valence-corrected chi connectivity index (χ1v) is 31.3. The van der Waals surface area contributed by atoms with E-state index < -0.39 is 179 Å². The third kappa shape index (κ3) is 18.1. The van der Waals surface area contributed by atoms with Gasteiger partial charge in [-0.2, -0.15) is 0 Å². The van der Waals surface area contributed by atoms with Crippen molar-refractivity contribution in [3.63, 3.8) is 0 Å². The maximum absolute atomic E-state index is 8.72. The van der Waals surface area contributed by atoms with Crippen molar-refractivity contribution in [1.29, 1.82) is 0 Å². The molecule has 97 heavy (non-hydrogen) atoms. The molecular weight excluding hydrogens is 1170 g/mol. The van der Waals surface area contributed by atoms with Crippen LogP contribution in [-0.4, -0.2) is 0 Å². The second kappa shape index (κ2) is 31.0. The van der Waals surface area contributed by atoms with E-state index in [9.17, 15) is 0 Å². The summed E-state index contributed by atoms with van der Waals surface area (Å²) in [6.07, 6.45) is 3.56. The lowest BCUT2D eigenvalue weighted by molar-refractivity contribution is -0.661. The maximum Gasteiger partial charge on any atom is 0.212 e. The van der Waals surface area contributed by atoms with Crippen molar-refractivity contribution < 1.29 is 71.7 Å². The van der Waals surface area contributed by atoms with Crippen LogP contribution in [0.2, 0.25) is 0 Å². The number of benzene rings is 8. The van der Waals surface area contributed by atoms with Gasteiger partial charge in [-0.15, -0.1) is 0 Å². The molecule has 0 saturated carbocycles. The normalized spacial score (nSPS) is 18.0. The molecule has 12 aromatic rings. The van der Waals surface area contributed by atoms with Gasteiger partial charge in [-0.1, -0.05) is 187 Å². The minimum atomic E-state index is -2.61. The molecule has 0 aliphatic rings. The minimum Gasteiger partial charge on any atom is -0.201 e. The van der Waals surface area contributed by atoms with Gasteiger partial charge in [-0.05, 0) is 236 Å². The van der Waals surface area contributed by atoms with Gasteiger partial charge in [0.05, 0.1) is 27.4 Å². The Kier molecular flexibility index (Phi) is 11.6. The van der Waals surface area contributed by atoms with Crippen LogP contribution in [-0.2, 0) is 40.9 Å². The topological polar surface area (TPSA) is 15.5 Å². The molecule has 0 amide bonds. The predicted molar refractivity (Wildman–Crippen MR) is 412 cm³/mol. The van der Waals surface area contributed by atoms with Gasteiger partial charge >= 0.3 is 0 Å². The summed E-state index contributed by atoms with van der Waals surface area (Å²) in [4.78, 5) is 0. The first-order valence-electron chi connectivity index (χ1n) is 50.8. The second-order valence-corrected chi connectivity index (χ2v) is 25.9. The summed E-state index contributed by atoms with van der Waals surface area (Å²) < 4.78 is 324. The molecule has 0 spiro atoms. The Morgan fingerprint density at radius 3 is 1.00 bits per heavy atom. The van der Waals surface area contributed by atoms with E-state index in [2.05, 4.69) is 0 Å². The Morgan fingerprint density at radius 1 is 0.309 bits per heavy atom. The molecule has 4 heterocycles. The van der Waals surface area contributed by atoms with Crippen LogP contribution < -0.4 is 18.3 Å². The fourth-order valence-corrected chi connectivity index (χ4v) is 11.1. The molecule has 0 aliphatic carbocycles. The van der Waals surface area contributed by atoms with Crippen molar-refractivity contribution in [3.05, 3.63) is 309 Å². The van der Waals surface area contributed by atoms with Gasteiger partial charge in [0.1, 0.15) is 28.2 Å². The molecule has 0 N–H and O–H groups in total. The van der Waals surface area contributed by atoms with Crippen molar-refractivity contribution in [2.75, 3.05) is 0 Å². The van der Waals surface area contributed by atoms with Crippen molar-refractivity contribution in [1.82, 2.24) is 0 Å². The highest BCUT2D eigenvalue weighted by Crippen LogP contribution is 2.37. The van der Waals surface area contributed by atoms with Crippen LogP contribution in [0.25, 0.3) is 89.5 Å². The standard InChI is InChI=1S/C26H32N.C25H30N.C22H24N.C20H20N/c1-18-14-25(27(7)17-22(18)16-26(4,5)6)24-15-23(19(2)13-20(24)3)21-11-9-8-10-12-21;1-18-14-19(2)23(15-22(18)21-10-8-7-9-11-21)24-13-12-20(17-26(24)6)16-25(3,4)5;1-15-12-22(23(5)14-18(15)4)21-13-20(16(2)11-17(21)3)19-9-7-6-8-10-19;1-15-13-16(2)19(20-11-7-8-12-21(20)3)14-18(15)17-9-5-4-6-10-17/h8-15,17H,16H2,1-7H3;7-15,17H,16H2,1-6H3;6-14H,1-5H3;4-14H,1-3H3/q4*+1/i2D3,8D,9D,10D,11D,12D,16D2;1D3,7D,8D,9D,10D,11D,16D2;2D3,4D3,6D,7D,8D,9D,10D;1D3,4D,5D,6D,9D,10D. The van der Waals surface area contributed by atoms with E-state index in [1.807, 2.05) is 90.5 Å². The number of pyridine rings is 4. The lowest BCUT2D eigenvalue weighted by Crippen LogP contribution is -2.32. The molecule has 4 aromatic heterocycles. The van der Waals surface area contributed by atoms with E-state index in [0.717, 1.165) is 16.8 Å². The van der Waals surface area contributed by atoms with Crippen LogP contribution in [0.3, 0.4) is 0 Å². The maximum atomic E-state index is 8.72. The van der Waals surface area contributed by atoms with Gasteiger partial charge in [-0.25, -0.2) is 18.3 Å². The third-order valence-electron chi connectivity index (χ3n) is 15.8. The highest BCUT2D eigenvalue weighted by molar-refractivity contribution is 5.79. The molecular formula is C93H106N4+4. The number of aryl methyl sites for hydroxylation is 15. The fourth-order valence-electron chi connectivity index (χ4n) is 11.1. The summed E-state index contributed by atoms with van der Waals surface area (Å²) in [5, 5.41) is 0. The molecule has 0 saturated heterocycles. The molecule has 0 atom stereocenters. The van der Waals surface area contributed by atoms with Crippen molar-refractivity contribution >= 4 is 0 Å². The minimum absolute atomic E-state index is 0.00940. The lowest BCUT2D eigenvalue weighted by atomic mass is 9.86. The van der Waals surface area contributed by atoms with Crippen molar-refractivity contribution in [2.45, 2.75) is 130 Å². The van der Waals surface area contributed by atoms with E-state index >= 15 is 0 Å². The summed E-state index contributed by atoms with van der Waals surface area (Å²) >= 11 is 0. The van der Waals surface area contributed by atoms with Gasteiger partial charge in [0.25, 0.3) is 0 Å². The average molecular weight is 1320 g/mol. The van der Waals surface area contributed by atoms with E-state index in [1.54, 1.807) is 118 Å². The molecule has 0 aliphatic heterocycles. The molecule has 0 bridgehead atoms. The molecule has 494 valence electrons. The van der Waals surface area contributed by atoms with Crippen LogP contribution in [0.1, 0.15) is 167 Å². The summed E-state index contributed by atoms with van der Waals surface area (Å²) in [5.74, 6) is 0. The van der Waals surface area contributed by atoms with Gasteiger partial charge in [0, 0.05) is 95.3 Å². The number of hydrogen-bond donors (Lipinski definition) is 0. The third-order valence-corrected chi connectivity index (χ3v) is 15.8.